The van der Waals surface area contributed by atoms with Crippen LogP contribution in [0.1, 0.15) is 59.8 Å². The van der Waals surface area contributed by atoms with E-state index in [4.69, 9.17) is 4.74 Å². The first-order chi connectivity index (χ1) is 8.86. The largest absolute Gasteiger partial charge is 0.379 e. The third kappa shape index (κ3) is 4.19. The highest BCUT2D eigenvalue weighted by Crippen LogP contribution is 2.61. The number of hydrogen-bond donors (Lipinski definition) is 1. The molecule has 0 spiro atoms. The van der Waals surface area contributed by atoms with Crippen LogP contribution >= 0.6 is 0 Å². The zero-order chi connectivity index (χ0) is 14.1. The number of ether oxygens (including phenoxy) is 1. The highest BCUT2D eigenvalue weighted by Gasteiger charge is 2.53. The van der Waals surface area contributed by atoms with Crippen molar-refractivity contribution in [2.24, 2.45) is 23.2 Å². The quantitative estimate of drug-likeness (QED) is 0.721. The first-order valence-electron chi connectivity index (χ1n) is 8.12. The van der Waals surface area contributed by atoms with Crippen LogP contribution < -0.4 is 5.32 Å². The molecule has 2 unspecified atom stereocenters. The van der Waals surface area contributed by atoms with Crippen LogP contribution in [0, 0.1) is 23.2 Å². The van der Waals surface area contributed by atoms with Crippen molar-refractivity contribution < 1.29 is 4.74 Å². The van der Waals surface area contributed by atoms with Gasteiger partial charge in [-0.15, -0.1) is 0 Å². The summed E-state index contributed by atoms with van der Waals surface area (Å²) < 4.78 is 5.60. The molecule has 0 aromatic rings. The van der Waals surface area contributed by atoms with Gasteiger partial charge in [-0.2, -0.15) is 0 Å². The van der Waals surface area contributed by atoms with E-state index in [-0.39, 0.29) is 5.60 Å². The van der Waals surface area contributed by atoms with Crippen molar-refractivity contribution in [1.29, 1.82) is 0 Å². The molecule has 0 aliphatic heterocycles. The molecule has 2 aliphatic carbocycles. The lowest BCUT2D eigenvalue weighted by molar-refractivity contribution is 0.00253. The van der Waals surface area contributed by atoms with Crippen LogP contribution in [0.25, 0.3) is 0 Å². The molecule has 2 saturated carbocycles. The molecule has 0 bridgehead atoms. The Hall–Kier alpha value is -0.0800. The van der Waals surface area contributed by atoms with Crippen molar-refractivity contribution in [2.75, 3.05) is 20.2 Å². The number of fused-ring (bicyclic) bond motifs is 1. The smallest absolute Gasteiger partial charge is 0.0623 e. The summed E-state index contributed by atoms with van der Waals surface area (Å²) in [6.45, 7) is 11.4. The highest BCUT2D eigenvalue weighted by molar-refractivity contribution is 5.04. The van der Waals surface area contributed by atoms with Gasteiger partial charge in [0.1, 0.15) is 0 Å². The van der Waals surface area contributed by atoms with Gasteiger partial charge >= 0.3 is 0 Å². The Balaban J connectivity index is 1.85. The molecule has 2 heteroatoms. The van der Waals surface area contributed by atoms with Gasteiger partial charge in [0.15, 0.2) is 0 Å². The first-order valence-corrected chi connectivity index (χ1v) is 8.12. The Bertz CT molecular complexity index is 288. The maximum absolute atomic E-state index is 5.60. The van der Waals surface area contributed by atoms with Gasteiger partial charge in [0, 0.05) is 13.7 Å². The van der Waals surface area contributed by atoms with E-state index in [1.165, 1.54) is 38.6 Å². The van der Waals surface area contributed by atoms with Gasteiger partial charge < -0.3 is 10.1 Å². The number of nitrogens with one attached hydrogen (secondary N) is 1. The number of hydrogen-bond acceptors (Lipinski definition) is 2. The summed E-state index contributed by atoms with van der Waals surface area (Å²) in [4.78, 5) is 0. The molecule has 2 atom stereocenters. The third-order valence-corrected chi connectivity index (χ3v) is 5.32. The van der Waals surface area contributed by atoms with Crippen molar-refractivity contribution in [1.82, 2.24) is 5.32 Å². The highest BCUT2D eigenvalue weighted by atomic mass is 16.5. The maximum atomic E-state index is 5.60. The molecule has 19 heavy (non-hydrogen) atoms. The fraction of sp³-hybridized carbons (Fsp3) is 1.00. The summed E-state index contributed by atoms with van der Waals surface area (Å²) in [5.74, 6) is 2.88. The van der Waals surface area contributed by atoms with E-state index < -0.39 is 0 Å². The van der Waals surface area contributed by atoms with Gasteiger partial charge in [-0.3, -0.25) is 0 Å². The van der Waals surface area contributed by atoms with Gasteiger partial charge in [0.2, 0.25) is 0 Å². The van der Waals surface area contributed by atoms with Crippen LogP contribution in [0.2, 0.25) is 0 Å². The van der Waals surface area contributed by atoms with Crippen LogP contribution in [-0.4, -0.2) is 25.8 Å². The zero-order valence-electron chi connectivity index (χ0n) is 13.6. The fourth-order valence-corrected chi connectivity index (χ4v) is 3.74. The Morgan fingerprint density at radius 1 is 1.26 bits per heavy atom. The zero-order valence-corrected chi connectivity index (χ0v) is 13.6. The second-order valence-corrected chi connectivity index (χ2v) is 8.15. The minimum atomic E-state index is 0.0395. The van der Waals surface area contributed by atoms with Crippen molar-refractivity contribution in [3.63, 3.8) is 0 Å². The maximum Gasteiger partial charge on any atom is 0.0623 e. The Morgan fingerprint density at radius 3 is 2.42 bits per heavy atom. The van der Waals surface area contributed by atoms with E-state index in [2.05, 4.69) is 33.0 Å². The Kier molecular flexibility index (Phi) is 4.62. The lowest BCUT2D eigenvalue weighted by Gasteiger charge is -2.35. The molecule has 0 saturated heterocycles. The molecule has 0 heterocycles. The molecule has 0 aromatic carbocycles. The van der Waals surface area contributed by atoms with Crippen LogP contribution in [0.4, 0.5) is 0 Å². The van der Waals surface area contributed by atoms with E-state index >= 15 is 0 Å². The van der Waals surface area contributed by atoms with Crippen molar-refractivity contribution in [3.05, 3.63) is 0 Å². The van der Waals surface area contributed by atoms with Gasteiger partial charge in [0.05, 0.1) is 5.60 Å². The molecule has 0 radical (unpaired) electrons. The van der Waals surface area contributed by atoms with Crippen LogP contribution in [0.5, 0.6) is 0 Å². The fourth-order valence-electron chi connectivity index (χ4n) is 3.74. The average Bonchev–Trinajstić information content (AvgIpc) is 2.95. The summed E-state index contributed by atoms with van der Waals surface area (Å²) >= 11 is 0. The molecular formula is C17H33NO. The van der Waals surface area contributed by atoms with Crippen molar-refractivity contribution in [3.8, 4) is 0 Å². The average molecular weight is 267 g/mol. The minimum absolute atomic E-state index is 0.0395. The van der Waals surface area contributed by atoms with E-state index in [9.17, 15) is 0 Å². The van der Waals surface area contributed by atoms with Crippen LogP contribution in [-0.2, 0) is 4.74 Å². The van der Waals surface area contributed by atoms with Gasteiger partial charge in [-0.25, -0.2) is 0 Å². The monoisotopic (exact) mass is 267 g/mol. The first kappa shape index (κ1) is 15.3. The van der Waals surface area contributed by atoms with E-state index in [1.54, 1.807) is 0 Å². The van der Waals surface area contributed by atoms with Gasteiger partial charge in [-0.05, 0) is 75.7 Å². The minimum Gasteiger partial charge on any atom is -0.379 e. The molecule has 2 nitrogen and oxygen atoms in total. The van der Waals surface area contributed by atoms with E-state index in [0.717, 1.165) is 24.3 Å². The Morgan fingerprint density at radius 2 is 1.89 bits per heavy atom. The second kappa shape index (κ2) is 5.73. The molecular weight excluding hydrogens is 234 g/mol. The number of rotatable bonds is 8. The Labute approximate surface area is 119 Å². The summed E-state index contributed by atoms with van der Waals surface area (Å²) in [7, 11) is 1.84. The molecule has 0 amide bonds. The predicted molar refractivity (Wildman–Crippen MR) is 81.3 cm³/mol. The molecule has 0 aromatic heterocycles. The van der Waals surface area contributed by atoms with Gasteiger partial charge in [0.25, 0.3) is 0 Å². The summed E-state index contributed by atoms with van der Waals surface area (Å²) in [6.07, 6.45) is 6.95. The topological polar surface area (TPSA) is 21.3 Å². The lowest BCUT2D eigenvalue weighted by atomic mass is 9.76. The third-order valence-electron chi connectivity index (χ3n) is 5.32. The van der Waals surface area contributed by atoms with Crippen LogP contribution in [0.3, 0.4) is 0 Å². The second-order valence-electron chi connectivity index (χ2n) is 8.15. The normalized spacial score (nSPS) is 33.8. The molecule has 112 valence electrons. The molecule has 1 N–H and O–H groups in total. The number of methoxy groups -OCH3 is 1. The lowest BCUT2D eigenvalue weighted by Crippen LogP contribution is -2.37. The molecule has 2 rings (SSSR count). The van der Waals surface area contributed by atoms with Gasteiger partial charge in [-0.1, -0.05) is 13.8 Å². The van der Waals surface area contributed by atoms with E-state index in [1.807, 2.05) is 7.11 Å². The molecule has 2 aliphatic rings. The van der Waals surface area contributed by atoms with Crippen molar-refractivity contribution >= 4 is 0 Å². The molecule has 2 fully saturated rings. The summed E-state index contributed by atoms with van der Waals surface area (Å²) in [5.41, 5.74) is 0.607. The standard InChI is InChI=1S/C17H33NO/c1-13(2)11-18-12-17(7-6-16(3,4)19-5)9-14-8-15(14)10-17/h13-15,18H,6-12H2,1-5H3. The summed E-state index contributed by atoms with van der Waals surface area (Å²) in [6, 6.07) is 0. The predicted octanol–water partition coefficient (Wildman–Crippen LogP) is 3.85. The van der Waals surface area contributed by atoms with Crippen molar-refractivity contribution in [2.45, 2.75) is 65.4 Å². The SMILES string of the molecule is COC(C)(C)CCC1(CNCC(C)C)CC2CC2C1. The summed E-state index contributed by atoms with van der Waals surface area (Å²) in [5, 5.41) is 3.72. The van der Waals surface area contributed by atoms with E-state index in [0.29, 0.717) is 5.41 Å². The van der Waals surface area contributed by atoms with Crippen LogP contribution in [0.15, 0.2) is 0 Å².